The van der Waals surface area contributed by atoms with Gasteiger partial charge in [-0.3, -0.25) is 9.59 Å². The summed E-state index contributed by atoms with van der Waals surface area (Å²) in [6, 6.07) is 11.4. The molecule has 30 heavy (non-hydrogen) atoms. The average Bonchev–Trinajstić information content (AvgIpc) is 2.72. The summed E-state index contributed by atoms with van der Waals surface area (Å²) in [6.45, 7) is 0. The van der Waals surface area contributed by atoms with E-state index in [2.05, 4.69) is 15.8 Å². The quantitative estimate of drug-likeness (QED) is 0.194. The van der Waals surface area contributed by atoms with E-state index in [1.807, 2.05) is 0 Å². The minimum absolute atomic E-state index is 0.00188. The molecule has 0 fully saturated rings. The highest BCUT2D eigenvalue weighted by molar-refractivity contribution is 5.92. The number of phenols is 2. The molecule has 0 saturated carbocycles. The van der Waals surface area contributed by atoms with Crippen molar-refractivity contribution < 1.29 is 24.5 Å². The number of unbranched alkanes of at least 4 members (excludes halogenated alkanes) is 3. The number of amides is 2. The Balaban J connectivity index is 1.56. The molecule has 8 nitrogen and oxygen atoms in total. The fraction of sp³-hybridized carbons (Fsp3) is 0.318. The summed E-state index contributed by atoms with van der Waals surface area (Å²) in [6.07, 6.45) is 5.21. The number of rotatable bonds is 11. The lowest BCUT2D eigenvalue weighted by molar-refractivity contribution is -0.121. The van der Waals surface area contributed by atoms with E-state index in [4.69, 9.17) is 4.74 Å². The number of hydrogen-bond acceptors (Lipinski definition) is 6. The zero-order valence-corrected chi connectivity index (χ0v) is 16.9. The first kappa shape index (κ1) is 22.7. The number of aromatic hydroxyl groups is 2. The number of ether oxygens (including phenoxy) is 1. The van der Waals surface area contributed by atoms with Crippen molar-refractivity contribution in [3.8, 4) is 17.2 Å². The van der Waals surface area contributed by atoms with E-state index in [1.165, 1.54) is 25.5 Å². The highest BCUT2D eigenvalue weighted by Crippen LogP contribution is 2.25. The number of benzene rings is 2. The summed E-state index contributed by atoms with van der Waals surface area (Å²) < 4.78 is 4.96. The number of hydrazone groups is 1. The largest absolute Gasteiger partial charge is 0.506 e. The molecule has 2 amide bonds. The molecule has 2 aromatic rings. The zero-order chi connectivity index (χ0) is 21.8. The highest BCUT2D eigenvalue weighted by Gasteiger charge is 2.06. The number of nitrogens with zero attached hydrogens (tertiary/aromatic N) is 1. The number of hydrogen-bond donors (Lipinski definition) is 4. The third-order valence-corrected chi connectivity index (χ3v) is 4.34. The van der Waals surface area contributed by atoms with Crippen molar-refractivity contribution in [2.75, 3.05) is 12.4 Å². The second kappa shape index (κ2) is 12.1. The van der Waals surface area contributed by atoms with Crippen LogP contribution in [-0.4, -0.2) is 35.4 Å². The zero-order valence-electron chi connectivity index (χ0n) is 16.9. The van der Waals surface area contributed by atoms with Gasteiger partial charge in [0.2, 0.25) is 11.8 Å². The molecule has 2 aromatic carbocycles. The van der Waals surface area contributed by atoms with Crippen molar-refractivity contribution in [2.24, 2.45) is 5.10 Å². The van der Waals surface area contributed by atoms with Crippen molar-refractivity contribution in [1.82, 2.24) is 5.43 Å². The minimum Gasteiger partial charge on any atom is -0.506 e. The average molecular weight is 413 g/mol. The van der Waals surface area contributed by atoms with Crippen molar-refractivity contribution in [2.45, 2.75) is 38.5 Å². The Labute approximate surface area is 175 Å². The Morgan fingerprint density at radius 3 is 2.33 bits per heavy atom. The van der Waals surface area contributed by atoms with Crippen LogP contribution in [0.3, 0.4) is 0 Å². The summed E-state index contributed by atoms with van der Waals surface area (Å²) in [5, 5.41) is 25.9. The fourth-order valence-corrected chi connectivity index (χ4v) is 2.74. The van der Waals surface area contributed by atoms with Crippen molar-refractivity contribution >= 4 is 23.7 Å². The molecule has 0 aliphatic rings. The maximum Gasteiger partial charge on any atom is 0.240 e. The third-order valence-electron chi connectivity index (χ3n) is 4.34. The van der Waals surface area contributed by atoms with Crippen LogP contribution in [0.15, 0.2) is 47.6 Å². The normalized spacial score (nSPS) is 10.7. The van der Waals surface area contributed by atoms with Gasteiger partial charge >= 0.3 is 0 Å². The van der Waals surface area contributed by atoms with Gasteiger partial charge in [0.1, 0.15) is 5.75 Å². The number of carbonyl (C=O) groups excluding carboxylic acids is 2. The molecule has 0 spiro atoms. The topological polar surface area (TPSA) is 120 Å². The molecule has 0 saturated heterocycles. The van der Waals surface area contributed by atoms with Crippen LogP contribution in [0.5, 0.6) is 17.2 Å². The number of carbonyl (C=O) groups is 2. The van der Waals surface area contributed by atoms with E-state index in [0.29, 0.717) is 42.7 Å². The maximum atomic E-state index is 11.9. The van der Waals surface area contributed by atoms with Gasteiger partial charge < -0.3 is 20.3 Å². The van der Waals surface area contributed by atoms with Crippen LogP contribution in [0.1, 0.15) is 44.1 Å². The van der Waals surface area contributed by atoms with Crippen LogP contribution in [0.2, 0.25) is 0 Å². The predicted molar refractivity (Wildman–Crippen MR) is 115 cm³/mol. The van der Waals surface area contributed by atoms with E-state index in [-0.39, 0.29) is 23.3 Å². The number of nitrogens with one attached hydrogen (secondary N) is 2. The smallest absolute Gasteiger partial charge is 0.240 e. The Morgan fingerprint density at radius 1 is 0.967 bits per heavy atom. The summed E-state index contributed by atoms with van der Waals surface area (Å²) >= 11 is 0. The van der Waals surface area contributed by atoms with Gasteiger partial charge in [0.05, 0.1) is 19.0 Å². The summed E-state index contributed by atoms with van der Waals surface area (Å²) in [4.78, 5) is 23.7. The second-order valence-electron chi connectivity index (χ2n) is 6.70. The molecular weight excluding hydrogens is 386 g/mol. The first-order valence-corrected chi connectivity index (χ1v) is 9.76. The number of anilines is 1. The Morgan fingerprint density at radius 2 is 1.67 bits per heavy atom. The number of para-hydroxylation sites is 2. The molecule has 0 bridgehead atoms. The molecule has 8 heteroatoms. The van der Waals surface area contributed by atoms with Gasteiger partial charge in [0.15, 0.2) is 11.5 Å². The molecule has 160 valence electrons. The summed E-state index contributed by atoms with van der Waals surface area (Å²) in [7, 11) is 1.47. The fourth-order valence-electron chi connectivity index (χ4n) is 2.74. The Bertz CT molecular complexity index is 883. The monoisotopic (exact) mass is 413 g/mol. The molecule has 0 heterocycles. The molecule has 0 aromatic heterocycles. The summed E-state index contributed by atoms with van der Waals surface area (Å²) in [5.41, 5.74) is 3.49. The van der Waals surface area contributed by atoms with Crippen LogP contribution in [0, 0.1) is 0 Å². The van der Waals surface area contributed by atoms with Gasteiger partial charge in [0, 0.05) is 12.8 Å². The molecule has 2 rings (SSSR count). The summed E-state index contributed by atoms with van der Waals surface area (Å²) in [5.74, 6) is 0.0756. The van der Waals surface area contributed by atoms with Crippen LogP contribution >= 0.6 is 0 Å². The first-order valence-electron chi connectivity index (χ1n) is 9.76. The molecule has 0 aliphatic carbocycles. The molecule has 0 aliphatic heterocycles. The van der Waals surface area contributed by atoms with E-state index >= 15 is 0 Å². The van der Waals surface area contributed by atoms with Gasteiger partial charge in [0.25, 0.3) is 0 Å². The molecular formula is C22H27N3O5. The van der Waals surface area contributed by atoms with Crippen LogP contribution in [-0.2, 0) is 9.59 Å². The van der Waals surface area contributed by atoms with Crippen molar-refractivity contribution in [3.63, 3.8) is 0 Å². The lowest BCUT2D eigenvalue weighted by Gasteiger charge is -2.06. The van der Waals surface area contributed by atoms with E-state index in [9.17, 15) is 19.8 Å². The van der Waals surface area contributed by atoms with Crippen molar-refractivity contribution in [1.29, 1.82) is 0 Å². The Hall–Kier alpha value is -3.55. The number of methoxy groups -OCH3 is 1. The van der Waals surface area contributed by atoms with E-state index < -0.39 is 0 Å². The van der Waals surface area contributed by atoms with Crippen LogP contribution in [0.4, 0.5) is 5.69 Å². The maximum absolute atomic E-state index is 11.9. The standard InChI is InChI=1S/C22H27N3O5/c1-30-20-13-12-16(14-19(20)27)15-23-25-22(29)11-5-3-2-4-10-21(28)24-17-8-6-7-9-18(17)26/h6-9,12-15,26-27H,2-5,10-11H2,1H3,(H,24,28)(H,25,29)/b23-15+. The van der Waals surface area contributed by atoms with Gasteiger partial charge in [-0.15, -0.1) is 0 Å². The number of phenolic OH excluding ortho intramolecular Hbond substituents is 2. The predicted octanol–water partition coefficient (Wildman–Crippen LogP) is 3.54. The third kappa shape index (κ3) is 7.83. The lowest BCUT2D eigenvalue weighted by Crippen LogP contribution is -2.16. The molecule has 0 atom stereocenters. The SMILES string of the molecule is COc1ccc(/C=N/NC(=O)CCCCCCC(=O)Nc2ccccc2O)cc1O. The van der Waals surface area contributed by atoms with Crippen LogP contribution in [0.25, 0.3) is 0 Å². The molecule has 0 unspecified atom stereocenters. The highest BCUT2D eigenvalue weighted by atomic mass is 16.5. The van der Waals surface area contributed by atoms with Gasteiger partial charge in [-0.05, 0) is 48.7 Å². The van der Waals surface area contributed by atoms with Gasteiger partial charge in [-0.2, -0.15) is 5.10 Å². The van der Waals surface area contributed by atoms with Crippen LogP contribution < -0.4 is 15.5 Å². The van der Waals surface area contributed by atoms with E-state index in [0.717, 1.165) is 12.8 Å². The Kier molecular flexibility index (Phi) is 9.18. The molecule has 0 radical (unpaired) electrons. The second-order valence-corrected chi connectivity index (χ2v) is 6.70. The van der Waals surface area contributed by atoms with Gasteiger partial charge in [-0.1, -0.05) is 25.0 Å². The van der Waals surface area contributed by atoms with Crippen molar-refractivity contribution in [3.05, 3.63) is 48.0 Å². The minimum atomic E-state index is -0.193. The van der Waals surface area contributed by atoms with Gasteiger partial charge in [-0.25, -0.2) is 5.43 Å². The van der Waals surface area contributed by atoms with E-state index in [1.54, 1.807) is 30.3 Å². The first-order chi connectivity index (χ1) is 14.5. The molecule has 4 N–H and O–H groups in total. The lowest BCUT2D eigenvalue weighted by atomic mass is 10.1.